The van der Waals surface area contributed by atoms with Crippen LogP contribution < -0.4 is 5.32 Å². The van der Waals surface area contributed by atoms with E-state index in [0.717, 1.165) is 5.56 Å². The Balaban J connectivity index is 1.95. The van der Waals surface area contributed by atoms with E-state index in [1.807, 2.05) is 12.1 Å². The van der Waals surface area contributed by atoms with Crippen molar-refractivity contribution in [2.45, 2.75) is 39.7 Å². The number of carbonyl (C=O) groups excluding carboxylic acids is 1. The van der Waals surface area contributed by atoms with E-state index < -0.39 is 0 Å². The van der Waals surface area contributed by atoms with Gasteiger partial charge in [0.25, 0.3) is 5.91 Å². The standard InChI is InChI=1S/C17H23NO3/c1-12-15(21-10-9-20-12)16(19)18-11-13-5-7-14(8-6-13)17(2,3)4/h5-8H,9-11H2,1-4H3,(H,18,19). The number of allylic oxidation sites excluding steroid dienone is 1. The minimum absolute atomic E-state index is 0.136. The third-order valence-corrected chi connectivity index (χ3v) is 3.45. The van der Waals surface area contributed by atoms with Crippen LogP contribution in [0.1, 0.15) is 38.8 Å². The Morgan fingerprint density at radius 3 is 2.33 bits per heavy atom. The third kappa shape index (κ3) is 4.00. The molecule has 1 heterocycles. The van der Waals surface area contributed by atoms with Gasteiger partial charge in [-0.15, -0.1) is 0 Å². The summed E-state index contributed by atoms with van der Waals surface area (Å²) in [4.78, 5) is 12.0. The van der Waals surface area contributed by atoms with Crippen LogP contribution in [-0.2, 0) is 26.2 Å². The zero-order chi connectivity index (χ0) is 15.5. The number of benzene rings is 1. The Bertz CT molecular complexity index is 538. The second kappa shape index (κ2) is 6.20. The van der Waals surface area contributed by atoms with Gasteiger partial charge in [-0.1, -0.05) is 45.0 Å². The lowest BCUT2D eigenvalue weighted by atomic mass is 9.87. The topological polar surface area (TPSA) is 47.6 Å². The molecule has 0 unspecified atom stereocenters. The molecule has 0 spiro atoms. The zero-order valence-corrected chi connectivity index (χ0v) is 13.2. The smallest absolute Gasteiger partial charge is 0.290 e. The summed E-state index contributed by atoms with van der Waals surface area (Å²) >= 11 is 0. The highest BCUT2D eigenvalue weighted by Crippen LogP contribution is 2.22. The third-order valence-electron chi connectivity index (χ3n) is 3.45. The fourth-order valence-electron chi connectivity index (χ4n) is 2.12. The fraction of sp³-hybridized carbons (Fsp3) is 0.471. The molecule has 2 rings (SSSR count). The first-order valence-electron chi connectivity index (χ1n) is 7.22. The van der Waals surface area contributed by atoms with Gasteiger partial charge in [-0.2, -0.15) is 0 Å². The Labute approximate surface area is 126 Å². The Morgan fingerprint density at radius 2 is 1.76 bits per heavy atom. The molecule has 1 N–H and O–H groups in total. The molecule has 4 nitrogen and oxygen atoms in total. The van der Waals surface area contributed by atoms with Gasteiger partial charge in [0.15, 0.2) is 0 Å². The molecule has 0 fully saturated rings. The SMILES string of the molecule is CC1=C(C(=O)NCc2ccc(C(C)(C)C)cc2)OCCO1. The molecular weight excluding hydrogens is 266 g/mol. The van der Waals surface area contributed by atoms with Crippen LogP contribution in [0.25, 0.3) is 0 Å². The van der Waals surface area contributed by atoms with Crippen LogP contribution in [0.3, 0.4) is 0 Å². The number of rotatable bonds is 3. The minimum atomic E-state index is -0.230. The second-order valence-electron chi connectivity index (χ2n) is 6.21. The first-order chi connectivity index (χ1) is 9.88. The Morgan fingerprint density at radius 1 is 1.14 bits per heavy atom. The van der Waals surface area contributed by atoms with Crippen LogP contribution in [-0.4, -0.2) is 19.1 Å². The maximum absolute atomic E-state index is 12.0. The number of amides is 1. The van der Waals surface area contributed by atoms with Crippen LogP contribution in [0.5, 0.6) is 0 Å². The van der Waals surface area contributed by atoms with Gasteiger partial charge in [0.2, 0.25) is 5.76 Å². The summed E-state index contributed by atoms with van der Waals surface area (Å²) in [5.74, 6) is 0.599. The molecule has 1 amide bonds. The summed E-state index contributed by atoms with van der Waals surface area (Å²) in [6.07, 6.45) is 0. The maximum atomic E-state index is 12.0. The van der Waals surface area contributed by atoms with E-state index in [-0.39, 0.29) is 17.1 Å². The Hall–Kier alpha value is -1.97. The van der Waals surface area contributed by atoms with Gasteiger partial charge in [-0.3, -0.25) is 4.79 Å². The lowest BCUT2D eigenvalue weighted by Gasteiger charge is -2.20. The van der Waals surface area contributed by atoms with Crippen molar-refractivity contribution in [2.24, 2.45) is 0 Å². The molecule has 0 saturated heterocycles. The second-order valence-corrected chi connectivity index (χ2v) is 6.21. The highest BCUT2D eigenvalue weighted by Gasteiger charge is 2.19. The van der Waals surface area contributed by atoms with Gasteiger partial charge < -0.3 is 14.8 Å². The molecule has 0 aromatic heterocycles. The van der Waals surface area contributed by atoms with Crippen molar-refractivity contribution >= 4 is 5.91 Å². The van der Waals surface area contributed by atoms with Gasteiger partial charge in [-0.05, 0) is 23.5 Å². The van der Waals surface area contributed by atoms with Gasteiger partial charge in [0.05, 0.1) is 0 Å². The van der Waals surface area contributed by atoms with E-state index in [4.69, 9.17) is 9.47 Å². The first-order valence-corrected chi connectivity index (χ1v) is 7.22. The summed E-state index contributed by atoms with van der Waals surface area (Å²) in [6, 6.07) is 8.29. The predicted molar refractivity (Wildman–Crippen MR) is 81.6 cm³/mol. The van der Waals surface area contributed by atoms with E-state index in [2.05, 4.69) is 38.2 Å². The molecule has 0 atom stereocenters. The van der Waals surface area contributed by atoms with E-state index in [1.165, 1.54) is 5.56 Å². The monoisotopic (exact) mass is 289 g/mol. The first kappa shape index (κ1) is 15.4. The van der Waals surface area contributed by atoms with Crippen molar-refractivity contribution < 1.29 is 14.3 Å². The highest BCUT2D eigenvalue weighted by atomic mass is 16.6. The van der Waals surface area contributed by atoms with E-state index in [9.17, 15) is 4.79 Å². The number of nitrogens with one attached hydrogen (secondary N) is 1. The minimum Gasteiger partial charge on any atom is -0.491 e. The summed E-state index contributed by atoms with van der Waals surface area (Å²) in [6.45, 7) is 9.67. The van der Waals surface area contributed by atoms with Crippen molar-refractivity contribution in [1.82, 2.24) is 5.32 Å². The molecule has 21 heavy (non-hydrogen) atoms. The van der Waals surface area contributed by atoms with Crippen LogP contribution >= 0.6 is 0 Å². The lowest BCUT2D eigenvalue weighted by Crippen LogP contribution is -2.29. The van der Waals surface area contributed by atoms with Crippen molar-refractivity contribution in [3.05, 3.63) is 46.9 Å². The van der Waals surface area contributed by atoms with Crippen molar-refractivity contribution in [3.8, 4) is 0 Å². The highest BCUT2D eigenvalue weighted by molar-refractivity contribution is 5.91. The van der Waals surface area contributed by atoms with E-state index in [1.54, 1.807) is 6.92 Å². The van der Waals surface area contributed by atoms with Crippen LogP contribution in [0.15, 0.2) is 35.8 Å². The number of ether oxygens (including phenoxy) is 2. The number of hydrogen-bond donors (Lipinski definition) is 1. The molecule has 114 valence electrons. The predicted octanol–water partition coefficient (Wildman–Crippen LogP) is 2.88. The molecule has 1 aromatic carbocycles. The van der Waals surface area contributed by atoms with Crippen molar-refractivity contribution in [3.63, 3.8) is 0 Å². The average Bonchev–Trinajstić information content (AvgIpc) is 2.45. The van der Waals surface area contributed by atoms with Gasteiger partial charge in [-0.25, -0.2) is 0 Å². The molecule has 0 radical (unpaired) electrons. The molecular formula is C17H23NO3. The average molecular weight is 289 g/mol. The van der Waals surface area contributed by atoms with E-state index in [0.29, 0.717) is 25.5 Å². The molecule has 0 aliphatic carbocycles. The number of hydrogen-bond acceptors (Lipinski definition) is 3. The summed E-state index contributed by atoms with van der Waals surface area (Å²) in [5, 5.41) is 2.86. The van der Waals surface area contributed by atoms with Crippen LogP contribution in [0.2, 0.25) is 0 Å². The van der Waals surface area contributed by atoms with Crippen LogP contribution in [0.4, 0.5) is 0 Å². The molecule has 4 heteroatoms. The fourth-order valence-corrected chi connectivity index (χ4v) is 2.12. The van der Waals surface area contributed by atoms with Crippen LogP contribution in [0, 0.1) is 0 Å². The molecule has 1 aromatic rings. The molecule has 0 saturated carbocycles. The molecule has 1 aliphatic rings. The van der Waals surface area contributed by atoms with Crippen molar-refractivity contribution in [2.75, 3.05) is 13.2 Å². The molecule has 0 bridgehead atoms. The summed E-state index contributed by atoms with van der Waals surface area (Å²) < 4.78 is 10.7. The molecule has 1 aliphatic heterocycles. The normalized spacial score (nSPS) is 15.2. The van der Waals surface area contributed by atoms with Gasteiger partial charge >= 0.3 is 0 Å². The lowest BCUT2D eigenvalue weighted by molar-refractivity contribution is -0.122. The van der Waals surface area contributed by atoms with Crippen molar-refractivity contribution in [1.29, 1.82) is 0 Å². The summed E-state index contributed by atoms with van der Waals surface area (Å²) in [5.41, 5.74) is 2.48. The van der Waals surface area contributed by atoms with E-state index >= 15 is 0 Å². The Kier molecular flexibility index (Phi) is 4.56. The van der Waals surface area contributed by atoms with Gasteiger partial charge in [0.1, 0.15) is 19.0 Å². The quantitative estimate of drug-likeness (QED) is 0.930. The maximum Gasteiger partial charge on any atom is 0.290 e. The summed E-state index contributed by atoms with van der Waals surface area (Å²) in [7, 11) is 0. The number of carbonyl (C=O) groups is 1. The van der Waals surface area contributed by atoms with Gasteiger partial charge in [0, 0.05) is 6.54 Å². The zero-order valence-electron chi connectivity index (χ0n) is 13.2. The largest absolute Gasteiger partial charge is 0.491 e.